The van der Waals surface area contributed by atoms with E-state index in [9.17, 15) is 4.79 Å². The van der Waals surface area contributed by atoms with Gasteiger partial charge in [-0.1, -0.05) is 86.4 Å². The van der Waals surface area contributed by atoms with E-state index < -0.39 is 0 Å². The van der Waals surface area contributed by atoms with Crippen molar-refractivity contribution in [2.75, 3.05) is 52.1 Å². The third kappa shape index (κ3) is 14.5. The molecule has 262 valence electrons. The molecule has 1 amide bonds. The fraction of sp³-hybridized carbons (Fsp3) is 0.600. The third-order valence-electron chi connectivity index (χ3n) is 8.13. The molecular formula is C40H66N6O. The molecule has 0 fully saturated rings. The van der Waals surface area contributed by atoms with E-state index in [0.29, 0.717) is 18.9 Å². The molecule has 0 aromatic heterocycles. The lowest BCUT2D eigenvalue weighted by atomic mass is 10.0. The Labute approximate surface area is 288 Å². The summed E-state index contributed by atoms with van der Waals surface area (Å²) >= 11 is 0. The molecule has 1 aromatic carbocycles. The minimum atomic E-state index is 0.160. The summed E-state index contributed by atoms with van der Waals surface area (Å²) < 4.78 is 0. The topological polar surface area (TPSA) is 63.2 Å². The predicted molar refractivity (Wildman–Crippen MR) is 204 cm³/mol. The van der Waals surface area contributed by atoms with Gasteiger partial charge in [-0.2, -0.15) is 0 Å². The number of fused-ring (bicyclic) bond motifs is 2. The first-order chi connectivity index (χ1) is 22.5. The van der Waals surface area contributed by atoms with Crippen LogP contribution in [0.5, 0.6) is 0 Å². The summed E-state index contributed by atoms with van der Waals surface area (Å²) in [6.45, 7) is 23.1. The van der Waals surface area contributed by atoms with E-state index in [2.05, 4.69) is 120 Å². The number of nitrogens with zero attached hydrogens (tertiary/aromatic N) is 4. The quantitative estimate of drug-likeness (QED) is 0.238. The lowest BCUT2D eigenvalue weighted by Gasteiger charge is -2.29. The van der Waals surface area contributed by atoms with Crippen molar-refractivity contribution in [3.63, 3.8) is 0 Å². The maximum absolute atomic E-state index is 13.4. The van der Waals surface area contributed by atoms with Gasteiger partial charge in [0.1, 0.15) is 5.84 Å². The Bertz CT molecular complexity index is 1250. The Balaban J connectivity index is 0.000000547. The number of likely N-dealkylation sites (N-methyl/N-ethyl adjacent to an activating group) is 1. The molecule has 3 aliphatic rings. The van der Waals surface area contributed by atoms with Crippen LogP contribution < -0.4 is 10.6 Å². The molecule has 0 bridgehead atoms. The summed E-state index contributed by atoms with van der Waals surface area (Å²) in [5.74, 6) is 2.48. The second kappa shape index (κ2) is 21.5. The van der Waals surface area contributed by atoms with Gasteiger partial charge in [0, 0.05) is 37.9 Å². The fourth-order valence-corrected chi connectivity index (χ4v) is 5.15. The van der Waals surface area contributed by atoms with Crippen molar-refractivity contribution < 1.29 is 4.79 Å². The van der Waals surface area contributed by atoms with Crippen molar-refractivity contribution in [3.8, 4) is 0 Å². The largest absolute Gasteiger partial charge is 0.387 e. The Morgan fingerprint density at radius 2 is 1.72 bits per heavy atom. The molecule has 0 radical (unpaired) electrons. The third-order valence-corrected chi connectivity index (χ3v) is 8.13. The number of aliphatic imine (C=N–C) groups is 1. The van der Waals surface area contributed by atoms with Crippen molar-refractivity contribution in [2.24, 2.45) is 16.8 Å². The van der Waals surface area contributed by atoms with E-state index >= 15 is 0 Å². The van der Waals surface area contributed by atoms with Gasteiger partial charge in [0.05, 0.1) is 17.9 Å². The average Bonchev–Trinajstić information content (AvgIpc) is 3.26. The number of carbonyl (C=O) groups excluding carboxylic acids is 1. The van der Waals surface area contributed by atoms with Crippen molar-refractivity contribution in [1.82, 2.24) is 20.0 Å². The number of benzene rings is 1. The molecule has 0 saturated heterocycles. The van der Waals surface area contributed by atoms with Crippen LogP contribution in [0.15, 0.2) is 64.6 Å². The number of unbranched alkanes of at least 4 members (excludes halogenated alkanes) is 2. The van der Waals surface area contributed by atoms with Crippen molar-refractivity contribution >= 4 is 23.5 Å². The molecule has 2 heterocycles. The van der Waals surface area contributed by atoms with Crippen LogP contribution in [0.3, 0.4) is 0 Å². The number of carbonyl (C=O) groups is 1. The van der Waals surface area contributed by atoms with Gasteiger partial charge in [-0.3, -0.25) is 4.79 Å². The molecule has 2 aliphatic heterocycles. The summed E-state index contributed by atoms with van der Waals surface area (Å²) in [6.07, 6.45) is 16.7. The first-order valence-electron chi connectivity index (χ1n) is 18.2. The van der Waals surface area contributed by atoms with E-state index in [1.54, 1.807) is 0 Å². The van der Waals surface area contributed by atoms with Crippen LogP contribution >= 0.6 is 0 Å². The van der Waals surface area contributed by atoms with Crippen LogP contribution in [0, 0.1) is 11.8 Å². The second-order valence-corrected chi connectivity index (χ2v) is 14.0. The van der Waals surface area contributed by atoms with Gasteiger partial charge < -0.3 is 25.3 Å². The number of amides is 1. The molecule has 0 spiro atoms. The monoisotopic (exact) mass is 647 g/mol. The Morgan fingerprint density at radius 1 is 1.02 bits per heavy atom. The summed E-state index contributed by atoms with van der Waals surface area (Å²) in [5, 5.41) is 6.75. The number of rotatable bonds is 12. The molecule has 4 rings (SSSR count). The SMILES string of the molecule is CC(C)C.CCCCN(C)CC.CCCCN(CCC(C)C)C(=O)C1=CC=C2N=C(Nc3ccc4c(c3)C=CNC4)CN(C)C2=CC1. The fourth-order valence-electron chi connectivity index (χ4n) is 5.15. The van der Waals surface area contributed by atoms with Crippen molar-refractivity contribution in [3.05, 3.63) is 70.7 Å². The molecule has 0 unspecified atom stereocenters. The molecule has 47 heavy (non-hydrogen) atoms. The lowest BCUT2D eigenvalue weighted by molar-refractivity contribution is -0.127. The second-order valence-electron chi connectivity index (χ2n) is 14.0. The van der Waals surface area contributed by atoms with Crippen LogP contribution in [0.4, 0.5) is 5.69 Å². The van der Waals surface area contributed by atoms with E-state index in [0.717, 1.165) is 73.3 Å². The summed E-state index contributed by atoms with van der Waals surface area (Å²) in [7, 11) is 4.25. The molecule has 1 aromatic rings. The summed E-state index contributed by atoms with van der Waals surface area (Å²) in [4.78, 5) is 24.9. The van der Waals surface area contributed by atoms with Gasteiger partial charge in [0.2, 0.25) is 5.91 Å². The zero-order valence-corrected chi connectivity index (χ0v) is 31.5. The van der Waals surface area contributed by atoms with Gasteiger partial charge in [-0.05, 0) is 99.3 Å². The predicted octanol–water partition coefficient (Wildman–Crippen LogP) is 8.69. The highest BCUT2D eigenvalue weighted by molar-refractivity contribution is 5.99. The molecule has 0 atom stereocenters. The zero-order valence-electron chi connectivity index (χ0n) is 31.5. The lowest BCUT2D eigenvalue weighted by Crippen LogP contribution is -2.35. The number of anilines is 1. The standard InChI is InChI=1S/C29H39N5O.C7H17N.C4H10/c1-5-6-16-34(17-14-21(2)3)29(35)22-8-11-26-27(12-9-22)33(4)20-28(32-26)31-25-10-7-24-19-30-15-13-23(24)18-25;1-4-6-7-8(3)5-2;1-4(2)3/h7-8,10-13,15,18,21,30H,5-6,9,14,16-17,19-20H2,1-4H3,(H,31,32);4-7H2,1-3H3;4H,1-3H3. The van der Waals surface area contributed by atoms with E-state index in [1.807, 2.05) is 23.3 Å². The molecule has 7 heteroatoms. The molecule has 1 aliphatic carbocycles. The minimum Gasteiger partial charge on any atom is -0.387 e. The minimum absolute atomic E-state index is 0.160. The van der Waals surface area contributed by atoms with Gasteiger partial charge in [-0.25, -0.2) is 4.99 Å². The maximum Gasteiger partial charge on any atom is 0.250 e. The highest BCUT2D eigenvalue weighted by atomic mass is 16.2. The van der Waals surface area contributed by atoms with Gasteiger partial charge in [-0.15, -0.1) is 0 Å². The van der Waals surface area contributed by atoms with Gasteiger partial charge in [0.25, 0.3) is 0 Å². The normalized spacial score (nSPS) is 15.0. The maximum atomic E-state index is 13.4. The Morgan fingerprint density at radius 3 is 2.38 bits per heavy atom. The van der Waals surface area contributed by atoms with Crippen LogP contribution in [-0.2, 0) is 11.3 Å². The first kappa shape index (κ1) is 39.9. The molecular weight excluding hydrogens is 580 g/mol. The number of amidine groups is 1. The van der Waals surface area contributed by atoms with Gasteiger partial charge in [0.15, 0.2) is 0 Å². The molecule has 0 saturated carbocycles. The van der Waals surface area contributed by atoms with Crippen LogP contribution in [0.1, 0.15) is 105 Å². The zero-order chi connectivity index (χ0) is 34.8. The molecule has 2 N–H and O–H groups in total. The average molecular weight is 647 g/mol. The number of hydrogen-bond donors (Lipinski definition) is 2. The van der Waals surface area contributed by atoms with Crippen molar-refractivity contribution in [1.29, 1.82) is 0 Å². The molecule has 7 nitrogen and oxygen atoms in total. The number of allylic oxidation sites excluding steroid dienone is 3. The Hall–Kier alpha value is -3.32. The van der Waals surface area contributed by atoms with E-state index in [1.165, 1.54) is 37.1 Å². The van der Waals surface area contributed by atoms with Crippen LogP contribution in [-0.4, -0.2) is 73.3 Å². The van der Waals surface area contributed by atoms with E-state index in [4.69, 9.17) is 4.99 Å². The van der Waals surface area contributed by atoms with E-state index in [-0.39, 0.29) is 5.91 Å². The van der Waals surface area contributed by atoms with Crippen LogP contribution in [0.25, 0.3) is 6.08 Å². The van der Waals surface area contributed by atoms with Gasteiger partial charge >= 0.3 is 0 Å². The Kier molecular flexibility index (Phi) is 18.3. The summed E-state index contributed by atoms with van der Waals surface area (Å²) in [5.41, 5.74) is 6.37. The van der Waals surface area contributed by atoms with Crippen LogP contribution in [0.2, 0.25) is 0 Å². The smallest absolute Gasteiger partial charge is 0.250 e. The number of nitrogens with one attached hydrogen (secondary N) is 2. The summed E-state index contributed by atoms with van der Waals surface area (Å²) in [6, 6.07) is 6.43. The highest BCUT2D eigenvalue weighted by Crippen LogP contribution is 2.27. The number of hydrogen-bond acceptors (Lipinski definition) is 6. The first-order valence-corrected chi connectivity index (χ1v) is 18.2. The van der Waals surface area contributed by atoms with Crippen molar-refractivity contribution in [2.45, 2.75) is 100 Å². The highest BCUT2D eigenvalue weighted by Gasteiger charge is 2.23.